The summed E-state index contributed by atoms with van der Waals surface area (Å²) in [5.41, 5.74) is 1.03. The number of rotatable bonds is 4. The quantitative estimate of drug-likeness (QED) is 0.513. The number of thiazole rings is 1. The Morgan fingerprint density at radius 2 is 2.12 bits per heavy atom. The molecular weight excluding hydrogens is 346 g/mol. The van der Waals surface area contributed by atoms with Gasteiger partial charge in [-0.2, -0.15) is 0 Å². The van der Waals surface area contributed by atoms with E-state index < -0.39 is 11.7 Å². The highest BCUT2D eigenvalue weighted by Crippen LogP contribution is 2.12. The van der Waals surface area contributed by atoms with E-state index in [-0.39, 0.29) is 18.7 Å². The van der Waals surface area contributed by atoms with Gasteiger partial charge in [0.05, 0.1) is 11.2 Å². The van der Waals surface area contributed by atoms with E-state index in [0.717, 1.165) is 0 Å². The number of hydrogen-bond acceptors (Lipinski definition) is 7. The maximum Gasteiger partial charge on any atom is 0.420 e. The van der Waals surface area contributed by atoms with Crippen molar-refractivity contribution in [2.75, 3.05) is 0 Å². The number of ether oxygens (including phenoxy) is 1. The van der Waals surface area contributed by atoms with Crippen molar-refractivity contribution in [3.63, 3.8) is 0 Å². The molecule has 0 aliphatic carbocycles. The Hall–Kier alpha value is -3.20. The molecular formula is C16H11N3O5S. The Morgan fingerprint density at radius 1 is 1.28 bits per heavy atom. The molecule has 0 aliphatic rings. The SMILES string of the molecule is O=C(Cn1c(=O)oc2ccccc21)OCc1cc(=O)n2ccsc2n1. The minimum Gasteiger partial charge on any atom is -0.458 e. The zero-order valence-corrected chi connectivity index (χ0v) is 13.6. The van der Waals surface area contributed by atoms with Crippen LogP contribution in [-0.4, -0.2) is 19.9 Å². The smallest absolute Gasteiger partial charge is 0.420 e. The highest BCUT2D eigenvalue weighted by atomic mass is 32.1. The van der Waals surface area contributed by atoms with Gasteiger partial charge in [-0.05, 0) is 12.1 Å². The van der Waals surface area contributed by atoms with E-state index in [4.69, 9.17) is 9.15 Å². The van der Waals surface area contributed by atoms with Crippen molar-refractivity contribution in [3.8, 4) is 0 Å². The Balaban J connectivity index is 1.51. The number of nitrogens with zero attached hydrogens (tertiary/aromatic N) is 3. The van der Waals surface area contributed by atoms with Gasteiger partial charge in [0.25, 0.3) is 5.56 Å². The monoisotopic (exact) mass is 357 g/mol. The van der Waals surface area contributed by atoms with Gasteiger partial charge in [-0.1, -0.05) is 12.1 Å². The molecule has 0 unspecified atom stereocenters. The molecule has 0 saturated carbocycles. The van der Waals surface area contributed by atoms with E-state index in [1.165, 1.54) is 26.4 Å². The number of para-hydroxylation sites is 2. The molecule has 25 heavy (non-hydrogen) atoms. The number of aromatic nitrogens is 3. The third kappa shape index (κ3) is 2.85. The zero-order valence-electron chi connectivity index (χ0n) is 12.7. The van der Waals surface area contributed by atoms with Gasteiger partial charge in [0, 0.05) is 17.6 Å². The van der Waals surface area contributed by atoms with E-state index in [0.29, 0.717) is 21.8 Å². The standard InChI is InChI=1S/C16H11N3O5S/c20-13-7-10(17-15-18(13)5-6-25-15)9-23-14(21)8-19-11-3-1-2-4-12(11)24-16(19)22/h1-7H,8-9H2. The van der Waals surface area contributed by atoms with Crippen molar-refractivity contribution < 1.29 is 13.9 Å². The van der Waals surface area contributed by atoms with Crippen molar-refractivity contribution >= 4 is 33.4 Å². The van der Waals surface area contributed by atoms with Crippen LogP contribution in [0.15, 0.2) is 55.9 Å². The molecule has 9 heteroatoms. The molecule has 3 heterocycles. The van der Waals surface area contributed by atoms with E-state index in [1.54, 1.807) is 35.8 Å². The molecule has 3 aromatic heterocycles. The van der Waals surface area contributed by atoms with Crippen LogP contribution >= 0.6 is 11.3 Å². The van der Waals surface area contributed by atoms with Gasteiger partial charge >= 0.3 is 11.7 Å². The fourth-order valence-corrected chi connectivity index (χ4v) is 3.19. The van der Waals surface area contributed by atoms with E-state index in [2.05, 4.69) is 4.98 Å². The van der Waals surface area contributed by atoms with Crippen LogP contribution in [0, 0.1) is 0 Å². The van der Waals surface area contributed by atoms with Crippen molar-refractivity contribution in [1.29, 1.82) is 0 Å². The highest BCUT2D eigenvalue weighted by molar-refractivity contribution is 7.15. The maximum absolute atomic E-state index is 12.0. The predicted molar refractivity (Wildman–Crippen MR) is 89.6 cm³/mol. The fraction of sp³-hybridized carbons (Fsp3) is 0.125. The average molecular weight is 357 g/mol. The lowest BCUT2D eigenvalue weighted by Gasteiger charge is -2.05. The molecule has 0 atom stereocenters. The van der Waals surface area contributed by atoms with Crippen LogP contribution in [0.2, 0.25) is 0 Å². The Labute approximate surface area is 143 Å². The van der Waals surface area contributed by atoms with Gasteiger partial charge in [0.2, 0.25) is 0 Å². The first-order valence-electron chi connectivity index (χ1n) is 7.31. The number of hydrogen-bond donors (Lipinski definition) is 0. The maximum atomic E-state index is 12.0. The second-order valence-electron chi connectivity index (χ2n) is 5.22. The molecule has 8 nitrogen and oxygen atoms in total. The number of oxazole rings is 1. The van der Waals surface area contributed by atoms with Crippen LogP contribution in [0.1, 0.15) is 5.69 Å². The highest BCUT2D eigenvalue weighted by Gasteiger charge is 2.14. The van der Waals surface area contributed by atoms with Gasteiger partial charge < -0.3 is 9.15 Å². The number of benzene rings is 1. The second kappa shape index (κ2) is 6.02. The summed E-state index contributed by atoms with van der Waals surface area (Å²) in [4.78, 5) is 40.5. The van der Waals surface area contributed by atoms with Crippen molar-refractivity contribution in [2.24, 2.45) is 0 Å². The van der Waals surface area contributed by atoms with Gasteiger partial charge in [0.1, 0.15) is 13.2 Å². The Bertz CT molecular complexity index is 1200. The summed E-state index contributed by atoms with van der Waals surface area (Å²) < 4.78 is 12.8. The number of fused-ring (bicyclic) bond motifs is 2. The summed E-state index contributed by atoms with van der Waals surface area (Å²) in [6, 6.07) is 8.12. The summed E-state index contributed by atoms with van der Waals surface area (Å²) in [6.45, 7) is -0.427. The van der Waals surface area contributed by atoms with Crippen molar-refractivity contribution in [1.82, 2.24) is 14.0 Å². The Morgan fingerprint density at radius 3 is 3.00 bits per heavy atom. The van der Waals surface area contributed by atoms with Crippen molar-refractivity contribution in [3.05, 3.63) is 68.5 Å². The lowest BCUT2D eigenvalue weighted by molar-refractivity contribution is -0.145. The third-order valence-electron chi connectivity index (χ3n) is 3.60. The number of esters is 1. The first-order valence-corrected chi connectivity index (χ1v) is 8.19. The van der Waals surface area contributed by atoms with Crippen LogP contribution in [0.3, 0.4) is 0 Å². The van der Waals surface area contributed by atoms with E-state index >= 15 is 0 Å². The normalized spacial score (nSPS) is 11.2. The predicted octanol–water partition coefficient (Wildman–Crippen LogP) is 1.41. The molecule has 0 bridgehead atoms. The molecule has 0 spiro atoms. The molecule has 0 amide bonds. The van der Waals surface area contributed by atoms with Gasteiger partial charge in [0.15, 0.2) is 10.5 Å². The molecule has 126 valence electrons. The summed E-state index contributed by atoms with van der Waals surface area (Å²) in [7, 11) is 0. The fourth-order valence-electron chi connectivity index (χ4n) is 2.45. The van der Waals surface area contributed by atoms with E-state index in [9.17, 15) is 14.4 Å². The largest absolute Gasteiger partial charge is 0.458 e. The average Bonchev–Trinajstić information content (AvgIpc) is 3.18. The summed E-state index contributed by atoms with van der Waals surface area (Å²) in [5, 5.41) is 1.75. The number of carbonyl (C=O) groups is 1. The molecule has 0 N–H and O–H groups in total. The molecule has 0 saturated heterocycles. The first-order chi connectivity index (χ1) is 12.1. The lowest BCUT2D eigenvalue weighted by Crippen LogP contribution is -2.22. The van der Waals surface area contributed by atoms with Crippen LogP contribution in [0.5, 0.6) is 0 Å². The zero-order chi connectivity index (χ0) is 17.4. The van der Waals surface area contributed by atoms with Crippen LogP contribution in [0.4, 0.5) is 0 Å². The summed E-state index contributed by atoms with van der Waals surface area (Å²) in [5.74, 6) is -1.25. The minimum absolute atomic E-state index is 0.146. The molecule has 4 rings (SSSR count). The molecule has 0 radical (unpaired) electrons. The molecule has 0 fully saturated rings. The second-order valence-corrected chi connectivity index (χ2v) is 6.10. The Kier molecular flexibility index (Phi) is 3.69. The van der Waals surface area contributed by atoms with Crippen LogP contribution < -0.4 is 11.3 Å². The van der Waals surface area contributed by atoms with Crippen molar-refractivity contribution in [2.45, 2.75) is 13.2 Å². The molecule has 0 aliphatic heterocycles. The minimum atomic E-state index is -0.630. The molecule has 1 aromatic carbocycles. The van der Waals surface area contributed by atoms with E-state index in [1.807, 2.05) is 0 Å². The van der Waals surface area contributed by atoms with Gasteiger partial charge in [-0.3, -0.25) is 18.6 Å². The van der Waals surface area contributed by atoms with Gasteiger partial charge in [-0.15, -0.1) is 11.3 Å². The topological polar surface area (TPSA) is 95.8 Å². The number of carbonyl (C=O) groups excluding carboxylic acids is 1. The van der Waals surface area contributed by atoms with Crippen LogP contribution in [-0.2, 0) is 22.7 Å². The third-order valence-corrected chi connectivity index (χ3v) is 4.35. The van der Waals surface area contributed by atoms with Gasteiger partial charge in [-0.25, -0.2) is 9.78 Å². The molecule has 4 aromatic rings. The van der Waals surface area contributed by atoms with Crippen LogP contribution in [0.25, 0.3) is 16.1 Å². The first kappa shape index (κ1) is 15.3. The summed E-state index contributed by atoms with van der Waals surface area (Å²) in [6.07, 6.45) is 1.63. The lowest BCUT2D eigenvalue weighted by atomic mass is 10.3. The summed E-state index contributed by atoms with van der Waals surface area (Å²) >= 11 is 1.31.